The monoisotopic (exact) mass is 338 g/mol. The Hall–Kier alpha value is -2.92. The van der Waals surface area contributed by atoms with Gasteiger partial charge in [0.1, 0.15) is 10.9 Å². The number of aromatic nitrogens is 2. The van der Waals surface area contributed by atoms with Crippen molar-refractivity contribution < 1.29 is 4.74 Å². The lowest BCUT2D eigenvalue weighted by Crippen LogP contribution is -1.98. The summed E-state index contributed by atoms with van der Waals surface area (Å²) in [5, 5.41) is 4.54. The maximum atomic E-state index is 6.08. The summed E-state index contributed by atoms with van der Waals surface area (Å²) in [7, 11) is 1.62. The van der Waals surface area contributed by atoms with Gasteiger partial charge in [-0.1, -0.05) is 54.1 Å². The summed E-state index contributed by atoms with van der Waals surface area (Å²) in [4.78, 5) is 8.67. The van der Waals surface area contributed by atoms with E-state index in [2.05, 4.69) is 20.5 Å². The van der Waals surface area contributed by atoms with Crippen molar-refractivity contribution in [2.45, 2.75) is 0 Å². The van der Waals surface area contributed by atoms with Gasteiger partial charge in [0, 0.05) is 17.2 Å². The molecule has 24 heavy (non-hydrogen) atoms. The Balaban J connectivity index is 1.81. The first-order chi connectivity index (χ1) is 11.8. The number of nitrogens with zero attached hydrogens (tertiary/aromatic N) is 3. The predicted molar refractivity (Wildman–Crippen MR) is 96.7 cm³/mol. The summed E-state index contributed by atoms with van der Waals surface area (Å²) in [6.45, 7) is 0. The topological polar surface area (TPSA) is 59.4 Å². The molecule has 0 bridgehead atoms. The van der Waals surface area contributed by atoms with Crippen molar-refractivity contribution in [1.82, 2.24) is 9.97 Å². The van der Waals surface area contributed by atoms with Gasteiger partial charge in [-0.2, -0.15) is 5.10 Å². The Morgan fingerprint density at radius 1 is 1.04 bits per heavy atom. The number of anilines is 1. The molecule has 0 aliphatic heterocycles. The summed E-state index contributed by atoms with van der Waals surface area (Å²) in [5.74, 6) is 1.80. The predicted octanol–water partition coefficient (Wildman–Crippen LogP) is 4.25. The molecule has 2 aromatic carbocycles. The van der Waals surface area contributed by atoms with Gasteiger partial charge in [0.15, 0.2) is 11.6 Å². The van der Waals surface area contributed by atoms with Crippen molar-refractivity contribution in [1.29, 1.82) is 0 Å². The van der Waals surface area contributed by atoms with Crippen molar-refractivity contribution >= 4 is 23.6 Å². The first-order valence-electron chi connectivity index (χ1n) is 7.28. The minimum Gasteiger partial charge on any atom is -0.496 e. The van der Waals surface area contributed by atoms with Crippen LogP contribution in [0.1, 0.15) is 5.56 Å². The zero-order chi connectivity index (χ0) is 16.8. The third-order valence-corrected chi connectivity index (χ3v) is 3.44. The lowest BCUT2D eigenvalue weighted by atomic mass is 10.2. The number of para-hydroxylation sites is 1. The lowest BCUT2D eigenvalue weighted by Gasteiger charge is -2.05. The zero-order valence-corrected chi connectivity index (χ0v) is 13.7. The van der Waals surface area contributed by atoms with Crippen molar-refractivity contribution in [2.24, 2.45) is 5.10 Å². The molecular formula is C18H15ClN4O. The second-order valence-corrected chi connectivity index (χ2v) is 5.26. The van der Waals surface area contributed by atoms with E-state index < -0.39 is 0 Å². The van der Waals surface area contributed by atoms with Gasteiger partial charge in [0.25, 0.3) is 0 Å². The Bertz CT molecular complexity index is 853. The van der Waals surface area contributed by atoms with Gasteiger partial charge in [-0.15, -0.1) is 0 Å². The van der Waals surface area contributed by atoms with Crippen LogP contribution in [0.5, 0.6) is 5.75 Å². The highest BCUT2D eigenvalue weighted by molar-refractivity contribution is 6.29. The molecule has 0 fully saturated rings. The standard InChI is InChI=1S/C18H15ClN4O/c1-24-15-10-6-5-9-14(15)12-20-23-17-11-16(19)21-18(22-17)13-7-3-2-4-8-13/h2-12H,1H3,(H,21,22,23)/b20-12-. The molecule has 3 aromatic rings. The van der Waals surface area contributed by atoms with E-state index in [1.807, 2.05) is 54.6 Å². The lowest BCUT2D eigenvalue weighted by molar-refractivity contribution is 0.414. The molecule has 120 valence electrons. The number of halogens is 1. The van der Waals surface area contributed by atoms with Crippen LogP contribution in [0.2, 0.25) is 5.15 Å². The molecule has 0 amide bonds. The van der Waals surface area contributed by atoms with Gasteiger partial charge < -0.3 is 4.74 Å². The normalized spacial score (nSPS) is 10.8. The number of hydrazone groups is 1. The molecule has 1 aromatic heterocycles. The van der Waals surface area contributed by atoms with Crippen molar-refractivity contribution in [3.8, 4) is 17.1 Å². The summed E-state index contributed by atoms with van der Waals surface area (Å²) in [5.41, 5.74) is 4.62. The average Bonchev–Trinajstić information content (AvgIpc) is 2.62. The first kappa shape index (κ1) is 16.0. The van der Waals surface area contributed by atoms with E-state index in [1.54, 1.807) is 19.4 Å². The van der Waals surface area contributed by atoms with Crippen molar-refractivity contribution in [2.75, 3.05) is 12.5 Å². The number of hydrogen-bond acceptors (Lipinski definition) is 5. The summed E-state index contributed by atoms with van der Waals surface area (Å²) in [6.07, 6.45) is 1.66. The van der Waals surface area contributed by atoms with Crippen LogP contribution in [0.25, 0.3) is 11.4 Å². The molecule has 0 atom stereocenters. The second kappa shape index (κ2) is 7.57. The molecule has 0 unspecified atom stereocenters. The zero-order valence-electron chi connectivity index (χ0n) is 13.0. The van der Waals surface area contributed by atoms with Gasteiger partial charge in [-0.25, -0.2) is 9.97 Å². The quantitative estimate of drug-likeness (QED) is 0.429. The van der Waals surface area contributed by atoms with E-state index in [0.29, 0.717) is 16.8 Å². The van der Waals surface area contributed by atoms with Crippen LogP contribution in [0.15, 0.2) is 65.8 Å². The highest BCUT2D eigenvalue weighted by atomic mass is 35.5. The Labute approximate surface area is 145 Å². The van der Waals surface area contributed by atoms with Crippen LogP contribution < -0.4 is 10.2 Å². The second-order valence-electron chi connectivity index (χ2n) is 4.88. The van der Waals surface area contributed by atoms with Crippen LogP contribution in [0.3, 0.4) is 0 Å². The van der Waals surface area contributed by atoms with Crippen LogP contribution in [-0.2, 0) is 0 Å². The minimum atomic E-state index is 0.346. The van der Waals surface area contributed by atoms with Gasteiger partial charge in [0.2, 0.25) is 0 Å². The Kier molecular flexibility index (Phi) is 5.03. The summed E-state index contributed by atoms with van der Waals surface area (Å²) < 4.78 is 5.28. The van der Waals surface area contributed by atoms with Crippen LogP contribution in [0.4, 0.5) is 5.82 Å². The number of methoxy groups -OCH3 is 1. The molecule has 1 N–H and O–H groups in total. The molecule has 0 aliphatic rings. The molecule has 0 spiro atoms. The fourth-order valence-corrected chi connectivity index (χ4v) is 2.32. The van der Waals surface area contributed by atoms with E-state index >= 15 is 0 Å². The molecule has 0 aliphatic carbocycles. The fraction of sp³-hybridized carbons (Fsp3) is 0.0556. The van der Waals surface area contributed by atoms with Gasteiger partial charge >= 0.3 is 0 Å². The molecule has 0 saturated heterocycles. The van der Waals surface area contributed by atoms with Crippen LogP contribution in [0, 0.1) is 0 Å². The Morgan fingerprint density at radius 3 is 2.58 bits per heavy atom. The van der Waals surface area contributed by atoms with E-state index in [0.717, 1.165) is 16.9 Å². The Morgan fingerprint density at radius 2 is 1.79 bits per heavy atom. The van der Waals surface area contributed by atoms with E-state index in [1.165, 1.54) is 0 Å². The molecular weight excluding hydrogens is 324 g/mol. The van der Waals surface area contributed by atoms with E-state index in [9.17, 15) is 0 Å². The number of ether oxygens (including phenoxy) is 1. The molecule has 5 nitrogen and oxygen atoms in total. The molecule has 0 saturated carbocycles. The molecule has 0 radical (unpaired) electrons. The van der Waals surface area contributed by atoms with Gasteiger partial charge in [-0.3, -0.25) is 5.43 Å². The largest absolute Gasteiger partial charge is 0.496 e. The fourth-order valence-electron chi connectivity index (χ4n) is 2.13. The maximum Gasteiger partial charge on any atom is 0.163 e. The van der Waals surface area contributed by atoms with Crippen LogP contribution >= 0.6 is 11.6 Å². The molecule has 1 heterocycles. The van der Waals surface area contributed by atoms with E-state index in [-0.39, 0.29) is 0 Å². The molecule has 6 heteroatoms. The number of rotatable bonds is 5. The van der Waals surface area contributed by atoms with Gasteiger partial charge in [-0.05, 0) is 12.1 Å². The summed E-state index contributed by atoms with van der Waals surface area (Å²) in [6, 6.07) is 18.8. The summed E-state index contributed by atoms with van der Waals surface area (Å²) >= 11 is 6.08. The highest BCUT2D eigenvalue weighted by Crippen LogP contribution is 2.20. The SMILES string of the molecule is COc1ccccc1/C=N\Nc1cc(Cl)nc(-c2ccccc2)n1. The smallest absolute Gasteiger partial charge is 0.163 e. The van der Waals surface area contributed by atoms with Crippen molar-refractivity contribution in [3.63, 3.8) is 0 Å². The third kappa shape index (κ3) is 3.88. The third-order valence-electron chi connectivity index (χ3n) is 3.25. The first-order valence-corrected chi connectivity index (χ1v) is 7.66. The number of hydrogen-bond donors (Lipinski definition) is 1. The number of benzene rings is 2. The average molecular weight is 339 g/mol. The minimum absolute atomic E-state index is 0.346. The van der Waals surface area contributed by atoms with E-state index in [4.69, 9.17) is 16.3 Å². The molecule has 3 rings (SSSR count). The highest BCUT2D eigenvalue weighted by Gasteiger charge is 2.05. The maximum absolute atomic E-state index is 6.08. The van der Waals surface area contributed by atoms with Gasteiger partial charge in [0.05, 0.1) is 13.3 Å². The van der Waals surface area contributed by atoms with Crippen molar-refractivity contribution in [3.05, 3.63) is 71.4 Å². The number of nitrogens with one attached hydrogen (secondary N) is 1. The van der Waals surface area contributed by atoms with Crippen LogP contribution in [-0.4, -0.2) is 23.3 Å².